The first kappa shape index (κ1) is 24.5. The van der Waals surface area contributed by atoms with Crippen LogP contribution in [0.1, 0.15) is 79.3 Å². The van der Waals surface area contributed by atoms with Crippen molar-refractivity contribution in [3.63, 3.8) is 0 Å². The maximum Gasteiger partial charge on any atom is 0.410 e. The van der Waals surface area contributed by atoms with Crippen LogP contribution in [0.4, 0.5) is 9.18 Å². The Balaban J connectivity index is 1.58. The summed E-state index contributed by atoms with van der Waals surface area (Å²) in [5, 5.41) is 9.55. The maximum absolute atomic E-state index is 15.4. The number of aryl methyl sites for hydroxylation is 1. The highest BCUT2D eigenvalue weighted by Gasteiger charge is 2.32. The van der Waals surface area contributed by atoms with Gasteiger partial charge in [0, 0.05) is 40.0 Å². The molecule has 1 fully saturated rings. The Kier molecular flexibility index (Phi) is 5.94. The molecule has 2 heterocycles. The molecule has 0 saturated heterocycles. The van der Waals surface area contributed by atoms with E-state index in [1.807, 2.05) is 26.8 Å². The van der Waals surface area contributed by atoms with E-state index in [0.29, 0.717) is 11.1 Å². The number of hydrogen-bond acceptors (Lipinski definition) is 5. The van der Waals surface area contributed by atoms with Crippen molar-refractivity contribution >= 4 is 34.3 Å². The Hall–Kier alpha value is -3.20. The van der Waals surface area contributed by atoms with Crippen molar-refractivity contribution in [3.8, 4) is 10.4 Å². The summed E-state index contributed by atoms with van der Waals surface area (Å²) in [5.41, 5.74) is 0.282. The molecule has 2 aromatic heterocycles. The number of thiophene rings is 1. The maximum atomic E-state index is 15.4. The zero-order chi connectivity index (χ0) is 25.9. The van der Waals surface area contributed by atoms with Gasteiger partial charge < -0.3 is 19.3 Å². The number of halogens is 1. The van der Waals surface area contributed by atoms with Crippen LogP contribution in [0, 0.1) is 5.82 Å². The summed E-state index contributed by atoms with van der Waals surface area (Å²) in [5.74, 6) is -1.88. The third kappa shape index (κ3) is 4.40. The second-order valence-corrected chi connectivity index (χ2v) is 11.8. The molecule has 1 saturated carbocycles. The fourth-order valence-electron chi connectivity index (χ4n) is 4.89. The molecule has 0 bridgehead atoms. The number of rotatable bonds is 4. The van der Waals surface area contributed by atoms with Gasteiger partial charge in [0.05, 0.1) is 11.6 Å². The summed E-state index contributed by atoms with van der Waals surface area (Å²) >= 11 is 1.50. The Morgan fingerprint density at radius 2 is 1.92 bits per heavy atom. The van der Waals surface area contributed by atoms with Crippen LogP contribution in [0.5, 0.6) is 0 Å². The lowest BCUT2D eigenvalue weighted by Crippen LogP contribution is -2.37. The van der Waals surface area contributed by atoms with Crippen molar-refractivity contribution in [1.82, 2.24) is 9.47 Å². The molecule has 9 heteroatoms. The van der Waals surface area contributed by atoms with Gasteiger partial charge in [0.2, 0.25) is 5.43 Å². The molecule has 7 nitrogen and oxygen atoms in total. The lowest BCUT2D eigenvalue weighted by atomic mass is 9.92. The number of amides is 1. The average molecular weight is 513 g/mol. The highest BCUT2D eigenvalue weighted by atomic mass is 32.1. The molecule has 1 amide bonds. The molecule has 1 aromatic carbocycles. The minimum atomic E-state index is -1.31. The largest absolute Gasteiger partial charge is 0.477 e. The standard InChI is InChI=1S/C27H29FN2O5S/c1-27(2,3)35-26(34)29(4)20-6-5-7-22-16(20)12-23(36-22)15-11-21-17(10-19(15)28)24(31)18(25(32)33)13-30(21)14-8-9-14/h10-14,20H,5-9H2,1-4H3,(H,32,33). The number of fused-ring (bicyclic) bond motifs is 2. The second kappa shape index (κ2) is 8.73. The molecule has 0 aliphatic heterocycles. The van der Waals surface area contributed by atoms with E-state index in [1.165, 1.54) is 23.6 Å². The minimum Gasteiger partial charge on any atom is -0.477 e. The fraction of sp³-hybridized carbons (Fsp3) is 0.444. The van der Waals surface area contributed by atoms with Gasteiger partial charge in [-0.25, -0.2) is 14.0 Å². The third-order valence-electron chi connectivity index (χ3n) is 6.79. The Morgan fingerprint density at radius 1 is 1.19 bits per heavy atom. The predicted molar refractivity (Wildman–Crippen MR) is 136 cm³/mol. The van der Waals surface area contributed by atoms with Gasteiger partial charge in [0.15, 0.2) is 0 Å². The van der Waals surface area contributed by atoms with Gasteiger partial charge in [-0.2, -0.15) is 0 Å². The van der Waals surface area contributed by atoms with E-state index in [-0.39, 0.29) is 23.0 Å². The van der Waals surface area contributed by atoms with Crippen LogP contribution in [0.25, 0.3) is 21.3 Å². The molecule has 1 unspecified atom stereocenters. The molecular formula is C27H29FN2O5S. The van der Waals surface area contributed by atoms with Gasteiger partial charge in [-0.05, 0) is 76.6 Å². The summed E-state index contributed by atoms with van der Waals surface area (Å²) in [7, 11) is 1.73. The van der Waals surface area contributed by atoms with Crippen LogP contribution in [0.15, 0.2) is 29.2 Å². The van der Waals surface area contributed by atoms with Crippen molar-refractivity contribution in [2.45, 2.75) is 70.6 Å². The number of carboxylic acids is 1. The van der Waals surface area contributed by atoms with Crippen molar-refractivity contribution in [1.29, 1.82) is 0 Å². The lowest BCUT2D eigenvalue weighted by molar-refractivity contribution is 0.0205. The van der Waals surface area contributed by atoms with E-state index >= 15 is 4.39 Å². The van der Waals surface area contributed by atoms with Gasteiger partial charge in [0.1, 0.15) is 17.0 Å². The lowest BCUT2D eigenvalue weighted by Gasteiger charge is -2.33. The molecule has 3 aromatic rings. The summed E-state index contributed by atoms with van der Waals surface area (Å²) in [4.78, 5) is 40.6. The summed E-state index contributed by atoms with van der Waals surface area (Å²) in [6.45, 7) is 5.49. The number of carbonyl (C=O) groups excluding carboxylic acids is 1. The van der Waals surface area contributed by atoms with Crippen LogP contribution in [0.3, 0.4) is 0 Å². The molecule has 1 atom stereocenters. The highest BCUT2D eigenvalue weighted by Crippen LogP contribution is 2.44. The fourth-order valence-corrected chi connectivity index (χ4v) is 6.17. The van der Waals surface area contributed by atoms with Gasteiger partial charge >= 0.3 is 12.1 Å². The minimum absolute atomic E-state index is 0.0758. The Labute approximate surface area is 212 Å². The number of benzene rings is 1. The first-order valence-electron chi connectivity index (χ1n) is 12.1. The Morgan fingerprint density at radius 3 is 2.56 bits per heavy atom. The van der Waals surface area contributed by atoms with Gasteiger partial charge in [-0.3, -0.25) is 4.79 Å². The number of pyridine rings is 1. The quantitative estimate of drug-likeness (QED) is 0.453. The van der Waals surface area contributed by atoms with Crippen LogP contribution >= 0.6 is 11.3 Å². The van der Waals surface area contributed by atoms with E-state index in [4.69, 9.17) is 4.74 Å². The van der Waals surface area contributed by atoms with Crippen LogP contribution in [0.2, 0.25) is 0 Å². The number of hydrogen-bond donors (Lipinski definition) is 1. The number of aromatic nitrogens is 1. The zero-order valence-corrected chi connectivity index (χ0v) is 21.6. The van der Waals surface area contributed by atoms with Crippen molar-refractivity contribution in [2.75, 3.05) is 7.05 Å². The number of ether oxygens (including phenoxy) is 1. The first-order chi connectivity index (χ1) is 16.9. The number of aromatic carboxylic acids is 1. The van der Waals surface area contributed by atoms with E-state index in [9.17, 15) is 19.5 Å². The van der Waals surface area contributed by atoms with Crippen molar-refractivity contribution in [3.05, 3.63) is 56.4 Å². The molecule has 2 aliphatic carbocycles. The van der Waals surface area contributed by atoms with E-state index in [1.54, 1.807) is 22.6 Å². The Bertz CT molecular complexity index is 1450. The number of carbonyl (C=O) groups is 2. The van der Waals surface area contributed by atoms with Gasteiger partial charge in [0.25, 0.3) is 0 Å². The first-order valence-corrected chi connectivity index (χ1v) is 13.0. The molecule has 5 rings (SSSR count). The summed E-state index contributed by atoms with van der Waals surface area (Å²) < 4.78 is 22.8. The molecule has 190 valence electrons. The number of carboxylic acid groups (broad SMARTS) is 1. The number of nitrogens with zero attached hydrogens (tertiary/aromatic N) is 2. The highest BCUT2D eigenvalue weighted by molar-refractivity contribution is 7.15. The molecule has 0 radical (unpaired) electrons. The van der Waals surface area contributed by atoms with Gasteiger partial charge in [-0.1, -0.05) is 0 Å². The summed E-state index contributed by atoms with van der Waals surface area (Å²) in [6, 6.07) is 4.72. The smallest absolute Gasteiger partial charge is 0.410 e. The average Bonchev–Trinajstić information content (AvgIpc) is 3.54. The molecule has 2 aliphatic rings. The normalized spacial score (nSPS) is 17.6. The molecule has 0 spiro atoms. The predicted octanol–water partition coefficient (Wildman–Crippen LogP) is 6.15. The van der Waals surface area contributed by atoms with Crippen LogP contribution in [-0.4, -0.2) is 39.3 Å². The van der Waals surface area contributed by atoms with Crippen molar-refractivity contribution in [2.24, 2.45) is 0 Å². The van der Waals surface area contributed by atoms with E-state index in [2.05, 4.69) is 0 Å². The van der Waals surface area contributed by atoms with E-state index < -0.39 is 28.9 Å². The van der Waals surface area contributed by atoms with Crippen molar-refractivity contribution < 1.29 is 23.8 Å². The van der Waals surface area contributed by atoms with Gasteiger partial charge in [-0.15, -0.1) is 11.3 Å². The molecule has 36 heavy (non-hydrogen) atoms. The third-order valence-corrected chi connectivity index (χ3v) is 8.03. The molecular weight excluding hydrogens is 483 g/mol. The summed E-state index contributed by atoms with van der Waals surface area (Å²) in [6.07, 6.45) is 5.31. The molecule has 1 N–H and O–H groups in total. The van der Waals surface area contributed by atoms with E-state index in [0.717, 1.165) is 47.4 Å². The monoisotopic (exact) mass is 512 g/mol. The van der Waals surface area contributed by atoms with Crippen LogP contribution in [-0.2, 0) is 11.2 Å². The van der Waals surface area contributed by atoms with Crippen LogP contribution < -0.4 is 5.43 Å². The zero-order valence-electron chi connectivity index (χ0n) is 20.8. The SMILES string of the molecule is CN(C(=O)OC(C)(C)C)C1CCCc2sc(-c3cc4c(cc3F)c(=O)c(C(=O)O)cn4C3CC3)cc21. The topological polar surface area (TPSA) is 88.8 Å². The second-order valence-electron chi connectivity index (χ2n) is 10.7.